The molecule has 1 aromatic rings. The number of hydrogen-bond acceptors (Lipinski definition) is 4. The molecule has 0 saturated carbocycles. The average molecular weight is 382 g/mol. The van der Waals surface area contributed by atoms with Gasteiger partial charge in [0.1, 0.15) is 5.92 Å². The zero-order valence-corrected chi connectivity index (χ0v) is 15.8. The molecule has 134 valence electrons. The Morgan fingerprint density at radius 3 is 2.56 bits per heavy atom. The summed E-state index contributed by atoms with van der Waals surface area (Å²) in [6.45, 7) is 2.13. The van der Waals surface area contributed by atoms with Crippen LogP contribution in [0, 0.1) is 5.92 Å². The van der Waals surface area contributed by atoms with Crippen molar-refractivity contribution in [3.8, 4) is 0 Å². The van der Waals surface area contributed by atoms with Gasteiger partial charge < -0.3 is 10.0 Å². The van der Waals surface area contributed by atoms with E-state index in [0.29, 0.717) is 22.8 Å². The zero-order valence-electron chi connectivity index (χ0n) is 14.3. The number of halogens is 1. The first-order valence-corrected chi connectivity index (χ1v) is 8.55. The van der Waals surface area contributed by atoms with Crippen LogP contribution in [0.5, 0.6) is 0 Å². The fourth-order valence-corrected chi connectivity index (χ4v) is 3.43. The summed E-state index contributed by atoms with van der Waals surface area (Å²) in [5, 5.41) is 10.2. The van der Waals surface area contributed by atoms with E-state index in [2.05, 4.69) is 4.99 Å². The Labute approximate surface area is 157 Å². The maximum atomic E-state index is 12.8. The van der Waals surface area contributed by atoms with Crippen LogP contribution >= 0.6 is 23.8 Å². The van der Waals surface area contributed by atoms with Gasteiger partial charge in [-0.1, -0.05) is 29.8 Å². The van der Waals surface area contributed by atoms with Gasteiger partial charge in [-0.2, -0.15) is 0 Å². The lowest BCUT2D eigenvalue weighted by molar-refractivity contribution is -0.142. The van der Waals surface area contributed by atoms with E-state index in [9.17, 15) is 14.7 Å². The number of carboxylic acid groups (broad SMARTS) is 1. The lowest BCUT2D eigenvalue weighted by atomic mass is 9.86. The van der Waals surface area contributed by atoms with E-state index < -0.39 is 17.9 Å². The molecule has 1 N–H and O–H groups in total. The molecule has 1 aromatic carbocycles. The Balaban J connectivity index is 2.53. The summed E-state index contributed by atoms with van der Waals surface area (Å²) in [6, 6.07) is 6.08. The van der Waals surface area contributed by atoms with E-state index >= 15 is 0 Å². The monoisotopic (exact) mass is 381 g/mol. The molecule has 1 amide bonds. The molecule has 1 aliphatic rings. The normalized spacial score (nSPS) is 20.6. The van der Waals surface area contributed by atoms with Crippen molar-refractivity contribution in [3.05, 3.63) is 34.9 Å². The Morgan fingerprint density at radius 2 is 2.00 bits per heavy atom. The Kier molecular flexibility index (Phi) is 6.26. The highest BCUT2D eigenvalue weighted by molar-refractivity contribution is 7.80. The number of hydrogen-bond donors (Lipinski definition) is 1. The molecule has 2 unspecified atom stereocenters. The summed E-state index contributed by atoms with van der Waals surface area (Å²) in [5.74, 6) is -2.35. The number of aliphatic carboxylic acids is 1. The van der Waals surface area contributed by atoms with Gasteiger partial charge in [0.15, 0.2) is 0 Å². The molecule has 0 spiro atoms. The van der Waals surface area contributed by atoms with E-state index in [-0.39, 0.29) is 17.4 Å². The summed E-state index contributed by atoms with van der Waals surface area (Å²) in [6.07, 6.45) is 0.203. The molecule has 25 heavy (non-hydrogen) atoms. The number of nitrogens with zero attached hydrogens (tertiary/aromatic N) is 3. The molecular formula is C17H20ClN3O3S. The SMILES string of the molecule is CC1=NC(=S)N(C(=O)CCN(C)C)C(c2ccccc2Cl)C1C(=O)O. The predicted molar refractivity (Wildman–Crippen MR) is 101 cm³/mol. The van der Waals surface area contributed by atoms with Crippen molar-refractivity contribution in [2.24, 2.45) is 10.9 Å². The van der Waals surface area contributed by atoms with Crippen LogP contribution in [0.15, 0.2) is 29.3 Å². The van der Waals surface area contributed by atoms with Gasteiger partial charge in [0.2, 0.25) is 11.0 Å². The van der Waals surface area contributed by atoms with Gasteiger partial charge in [0, 0.05) is 23.7 Å². The molecule has 1 aliphatic heterocycles. The maximum absolute atomic E-state index is 12.8. The number of carboxylic acids is 1. The van der Waals surface area contributed by atoms with E-state index in [1.54, 1.807) is 31.2 Å². The standard InChI is InChI=1S/C17H20ClN3O3S/c1-10-14(16(23)24)15(11-6-4-5-7-12(11)18)21(17(25)19-10)13(22)8-9-20(2)3/h4-7,14-15H,8-9H2,1-3H3,(H,23,24). The van der Waals surface area contributed by atoms with Crippen molar-refractivity contribution in [1.29, 1.82) is 0 Å². The molecule has 8 heteroatoms. The Hall–Kier alpha value is -1.83. The van der Waals surface area contributed by atoms with Crippen LogP contribution in [0.25, 0.3) is 0 Å². The van der Waals surface area contributed by atoms with Gasteiger partial charge in [0.25, 0.3) is 0 Å². The number of aliphatic imine (C=N–C) groups is 1. The van der Waals surface area contributed by atoms with E-state index in [0.717, 1.165) is 0 Å². The summed E-state index contributed by atoms with van der Waals surface area (Å²) >= 11 is 11.6. The second kappa shape index (κ2) is 8.03. The third-order valence-electron chi connectivity index (χ3n) is 4.05. The molecule has 0 bridgehead atoms. The van der Waals surface area contributed by atoms with Crippen LogP contribution in [0.2, 0.25) is 5.02 Å². The van der Waals surface area contributed by atoms with Crippen LogP contribution in [0.3, 0.4) is 0 Å². The number of carbonyl (C=O) groups excluding carboxylic acids is 1. The highest BCUT2D eigenvalue weighted by Crippen LogP contribution is 2.38. The van der Waals surface area contributed by atoms with Gasteiger partial charge in [0.05, 0.1) is 6.04 Å². The predicted octanol–water partition coefficient (Wildman–Crippen LogP) is 2.62. The van der Waals surface area contributed by atoms with Gasteiger partial charge in [-0.15, -0.1) is 0 Å². The summed E-state index contributed by atoms with van der Waals surface area (Å²) in [7, 11) is 3.71. The third-order valence-corrected chi connectivity index (χ3v) is 4.69. The van der Waals surface area contributed by atoms with Crippen LogP contribution < -0.4 is 0 Å². The largest absolute Gasteiger partial charge is 0.481 e. The first kappa shape index (κ1) is 19.5. The van der Waals surface area contributed by atoms with Gasteiger partial charge in [-0.3, -0.25) is 14.5 Å². The highest BCUT2D eigenvalue weighted by atomic mass is 35.5. The van der Waals surface area contributed by atoms with Crippen molar-refractivity contribution < 1.29 is 14.7 Å². The first-order valence-electron chi connectivity index (χ1n) is 7.77. The molecule has 0 saturated heterocycles. The lowest BCUT2D eigenvalue weighted by Gasteiger charge is -2.38. The van der Waals surface area contributed by atoms with Crippen molar-refractivity contribution in [3.63, 3.8) is 0 Å². The van der Waals surface area contributed by atoms with Gasteiger partial charge in [-0.25, -0.2) is 4.99 Å². The van der Waals surface area contributed by atoms with Crippen molar-refractivity contribution in [2.45, 2.75) is 19.4 Å². The second-order valence-electron chi connectivity index (χ2n) is 6.14. The fourth-order valence-electron chi connectivity index (χ4n) is 2.82. The quantitative estimate of drug-likeness (QED) is 0.794. The minimum absolute atomic E-state index is 0.0728. The summed E-state index contributed by atoms with van der Waals surface area (Å²) in [4.78, 5) is 32.0. The van der Waals surface area contributed by atoms with Crippen molar-refractivity contribution in [1.82, 2.24) is 9.80 Å². The first-order chi connectivity index (χ1) is 11.7. The molecule has 1 heterocycles. The number of benzene rings is 1. The van der Waals surface area contributed by atoms with Crippen LogP contribution in [0.1, 0.15) is 24.9 Å². The summed E-state index contributed by atoms with van der Waals surface area (Å²) in [5.41, 5.74) is 0.908. The zero-order chi connectivity index (χ0) is 18.7. The van der Waals surface area contributed by atoms with Gasteiger partial charge in [-0.05, 0) is 44.9 Å². The Morgan fingerprint density at radius 1 is 1.36 bits per heavy atom. The van der Waals surface area contributed by atoms with Gasteiger partial charge >= 0.3 is 5.97 Å². The number of rotatable bonds is 5. The Bertz CT molecular complexity index is 736. The summed E-state index contributed by atoms with van der Waals surface area (Å²) < 4.78 is 0. The molecule has 0 radical (unpaired) electrons. The minimum atomic E-state index is -1.07. The van der Waals surface area contributed by atoms with Crippen LogP contribution in [-0.4, -0.2) is 58.2 Å². The van der Waals surface area contributed by atoms with E-state index in [1.807, 2.05) is 19.0 Å². The highest BCUT2D eigenvalue weighted by Gasteiger charge is 2.44. The molecule has 0 aliphatic carbocycles. The third kappa shape index (κ3) is 4.23. The molecule has 0 aromatic heterocycles. The number of amides is 1. The second-order valence-corrected chi connectivity index (χ2v) is 6.91. The topological polar surface area (TPSA) is 73.2 Å². The molecule has 2 rings (SSSR count). The fraction of sp³-hybridized carbons (Fsp3) is 0.412. The molecule has 2 atom stereocenters. The van der Waals surface area contributed by atoms with Crippen molar-refractivity contribution in [2.75, 3.05) is 20.6 Å². The van der Waals surface area contributed by atoms with E-state index in [4.69, 9.17) is 23.8 Å². The number of carbonyl (C=O) groups is 2. The van der Waals surface area contributed by atoms with Crippen LogP contribution in [0.4, 0.5) is 0 Å². The van der Waals surface area contributed by atoms with Crippen molar-refractivity contribution >= 4 is 46.5 Å². The average Bonchev–Trinajstić information content (AvgIpc) is 2.52. The molecular weight excluding hydrogens is 362 g/mol. The van der Waals surface area contributed by atoms with E-state index in [1.165, 1.54) is 4.90 Å². The van der Waals surface area contributed by atoms with Crippen LogP contribution in [-0.2, 0) is 9.59 Å². The molecule has 6 nitrogen and oxygen atoms in total. The smallest absolute Gasteiger partial charge is 0.314 e. The maximum Gasteiger partial charge on any atom is 0.314 e. The lowest BCUT2D eigenvalue weighted by Crippen LogP contribution is -2.49. The molecule has 0 fully saturated rings. The number of thiocarbonyl (C=S) groups is 1. The minimum Gasteiger partial charge on any atom is -0.481 e.